The predicted molar refractivity (Wildman–Crippen MR) is 69.0 cm³/mol. The summed E-state index contributed by atoms with van der Waals surface area (Å²) in [5.41, 5.74) is 5.07. The van der Waals surface area contributed by atoms with Crippen LogP contribution in [0.5, 0.6) is 0 Å². The fourth-order valence-electron chi connectivity index (χ4n) is 1.88. The Morgan fingerprint density at radius 2 is 1.76 bits per heavy atom. The van der Waals surface area contributed by atoms with Crippen LogP contribution in [0, 0.1) is 20.8 Å². The van der Waals surface area contributed by atoms with Crippen molar-refractivity contribution in [3.63, 3.8) is 0 Å². The van der Waals surface area contributed by atoms with Gasteiger partial charge in [0.15, 0.2) is 0 Å². The van der Waals surface area contributed by atoms with Gasteiger partial charge in [-0.25, -0.2) is 0 Å². The molecule has 1 aromatic heterocycles. The number of nitrogens with zero attached hydrogens (tertiary/aromatic N) is 1. The number of rotatable bonds is 2. The van der Waals surface area contributed by atoms with Crippen molar-refractivity contribution in [1.29, 1.82) is 0 Å². The summed E-state index contributed by atoms with van der Waals surface area (Å²) in [4.78, 5) is 4.26. The monoisotopic (exact) mass is 227 g/mol. The van der Waals surface area contributed by atoms with Crippen LogP contribution in [0.25, 0.3) is 0 Å². The Labute approximate surface area is 102 Å². The van der Waals surface area contributed by atoms with Gasteiger partial charge in [0.1, 0.15) is 6.10 Å². The van der Waals surface area contributed by atoms with E-state index >= 15 is 0 Å². The van der Waals surface area contributed by atoms with Gasteiger partial charge in [0.25, 0.3) is 0 Å². The van der Waals surface area contributed by atoms with Crippen molar-refractivity contribution in [2.45, 2.75) is 26.9 Å². The van der Waals surface area contributed by atoms with Crippen LogP contribution in [0.4, 0.5) is 0 Å². The van der Waals surface area contributed by atoms with E-state index in [1.54, 1.807) is 6.20 Å². The van der Waals surface area contributed by atoms with Crippen molar-refractivity contribution in [2.24, 2.45) is 0 Å². The first-order valence-corrected chi connectivity index (χ1v) is 5.76. The maximum absolute atomic E-state index is 10.3. The maximum atomic E-state index is 10.3. The second-order valence-corrected chi connectivity index (χ2v) is 4.45. The summed E-state index contributed by atoms with van der Waals surface area (Å²) in [6, 6.07) is 9.86. The summed E-state index contributed by atoms with van der Waals surface area (Å²) >= 11 is 0. The smallest absolute Gasteiger partial charge is 0.121 e. The van der Waals surface area contributed by atoms with Crippen LogP contribution >= 0.6 is 0 Å². The van der Waals surface area contributed by atoms with E-state index in [4.69, 9.17) is 0 Å². The average Bonchev–Trinajstić information content (AvgIpc) is 2.32. The van der Waals surface area contributed by atoms with Gasteiger partial charge < -0.3 is 5.11 Å². The molecule has 17 heavy (non-hydrogen) atoms. The number of aliphatic hydroxyl groups is 1. The molecule has 2 rings (SSSR count). The molecule has 1 unspecified atom stereocenters. The van der Waals surface area contributed by atoms with Crippen LogP contribution in [-0.2, 0) is 0 Å². The lowest BCUT2D eigenvalue weighted by atomic mass is 9.99. The lowest BCUT2D eigenvalue weighted by Gasteiger charge is -2.14. The van der Waals surface area contributed by atoms with Crippen LogP contribution in [0.1, 0.15) is 34.1 Å². The highest BCUT2D eigenvalue weighted by molar-refractivity contribution is 5.35. The van der Waals surface area contributed by atoms with Crippen LogP contribution in [0.15, 0.2) is 36.5 Å². The fourth-order valence-corrected chi connectivity index (χ4v) is 1.88. The summed E-state index contributed by atoms with van der Waals surface area (Å²) < 4.78 is 0. The Kier molecular flexibility index (Phi) is 3.25. The highest BCUT2D eigenvalue weighted by Crippen LogP contribution is 2.24. The molecule has 1 atom stereocenters. The third kappa shape index (κ3) is 2.37. The lowest BCUT2D eigenvalue weighted by Crippen LogP contribution is -2.05. The number of aliphatic hydroxyl groups excluding tert-OH is 1. The van der Waals surface area contributed by atoms with Gasteiger partial charge in [0, 0.05) is 6.20 Å². The summed E-state index contributed by atoms with van der Waals surface area (Å²) in [7, 11) is 0. The third-order valence-corrected chi connectivity index (χ3v) is 3.16. The molecule has 2 aromatic rings. The van der Waals surface area contributed by atoms with Crippen LogP contribution in [0.2, 0.25) is 0 Å². The Morgan fingerprint density at radius 1 is 1.00 bits per heavy atom. The molecular formula is C15H17NO. The molecule has 0 aliphatic heterocycles. The molecule has 1 heterocycles. The number of aromatic nitrogens is 1. The molecule has 0 bridgehead atoms. The standard InChI is InChI=1S/C15H17NO/c1-10-6-7-13(9-12(10)3)15(17)14-11(2)5-4-8-16-14/h4-9,15,17H,1-3H3. The molecule has 2 nitrogen and oxygen atoms in total. The van der Waals surface area contributed by atoms with E-state index < -0.39 is 6.10 Å². The van der Waals surface area contributed by atoms with Crippen molar-refractivity contribution in [2.75, 3.05) is 0 Å². The van der Waals surface area contributed by atoms with Gasteiger partial charge in [0.05, 0.1) is 5.69 Å². The quantitative estimate of drug-likeness (QED) is 0.855. The highest BCUT2D eigenvalue weighted by Gasteiger charge is 2.14. The van der Waals surface area contributed by atoms with Crippen molar-refractivity contribution in [1.82, 2.24) is 4.98 Å². The molecule has 0 aliphatic rings. The molecule has 0 fully saturated rings. The normalized spacial score (nSPS) is 12.5. The molecule has 0 radical (unpaired) electrons. The zero-order valence-corrected chi connectivity index (χ0v) is 10.4. The van der Waals surface area contributed by atoms with Gasteiger partial charge in [-0.15, -0.1) is 0 Å². The Balaban J connectivity index is 2.40. The van der Waals surface area contributed by atoms with Crippen molar-refractivity contribution < 1.29 is 5.11 Å². The van der Waals surface area contributed by atoms with Crippen LogP contribution in [0.3, 0.4) is 0 Å². The first-order valence-electron chi connectivity index (χ1n) is 5.76. The highest BCUT2D eigenvalue weighted by atomic mass is 16.3. The fraction of sp³-hybridized carbons (Fsp3) is 0.267. The summed E-state index contributed by atoms with van der Waals surface area (Å²) in [5.74, 6) is 0. The van der Waals surface area contributed by atoms with Gasteiger partial charge in [-0.1, -0.05) is 24.3 Å². The molecule has 2 heteroatoms. The lowest BCUT2D eigenvalue weighted by molar-refractivity contribution is 0.214. The Morgan fingerprint density at radius 3 is 2.41 bits per heavy atom. The number of hydrogen-bond donors (Lipinski definition) is 1. The van der Waals surface area contributed by atoms with E-state index in [2.05, 4.69) is 18.8 Å². The first kappa shape index (κ1) is 11.8. The molecule has 0 spiro atoms. The molecule has 0 saturated heterocycles. The summed E-state index contributed by atoms with van der Waals surface area (Å²) in [5, 5.41) is 10.3. The molecule has 0 amide bonds. The second-order valence-electron chi connectivity index (χ2n) is 4.45. The van der Waals surface area contributed by atoms with E-state index in [-0.39, 0.29) is 0 Å². The van der Waals surface area contributed by atoms with Gasteiger partial charge >= 0.3 is 0 Å². The van der Waals surface area contributed by atoms with Crippen molar-refractivity contribution in [3.05, 3.63) is 64.5 Å². The Hall–Kier alpha value is -1.67. The summed E-state index contributed by atoms with van der Waals surface area (Å²) in [6.45, 7) is 6.08. The molecule has 88 valence electrons. The SMILES string of the molecule is Cc1ccc(C(O)c2ncccc2C)cc1C. The largest absolute Gasteiger partial charge is 0.382 e. The molecule has 1 aromatic carbocycles. The zero-order valence-electron chi connectivity index (χ0n) is 10.4. The Bertz CT molecular complexity index is 534. The third-order valence-electron chi connectivity index (χ3n) is 3.16. The topological polar surface area (TPSA) is 33.1 Å². The number of aryl methyl sites for hydroxylation is 3. The minimum Gasteiger partial charge on any atom is -0.382 e. The van der Waals surface area contributed by atoms with Gasteiger partial charge in [0.2, 0.25) is 0 Å². The second kappa shape index (κ2) is 4.68. The molecular weight excluding hydrogens is 210 g/mol. The summed E-state index contributed by atoms with van der Waals surface area (Å²) in [6.07, 6.45) is 1.07. The number of benzene rings is 1. The van der Waals surface area contributed by atoms with E-state index in [9.17, 15) is 5.11 Å². The van der Waals surface area contributed by atoms with Crippen LogP contribution in [-0.4, -0.2) is 10.1 Å². The molecule has 0 aliphatic carbocycles. The number of pyridine rings is 1. The van der Waals surface area contributed by atoms with E-state index in [1.807, 2.05) is 37.3 Å². The van der Waals surface area contributed by atoms with E-state index in [1.165, 1.54) is 11.1 Å². The van der Waals surface area contributed by atoms with Gasteiger partial charge in [-0.3, -0.25) is 4.98 Å². The minimum absolute atomic E-state index is 0.643. The molecule has 1 N–H and O–H groups in total. The minimum atomic E-state index is -0.643. The molecule has 0 saturated carbocycles. The predicted octanol–water partition coefficient (Wildman–Crippen LogP) is 3.09. The first-order chi connectivity index (χ1) is 8.09. The van der Waals surface area contributed by atoms with E-state index in [0.29, 0.717) is 0 Å². The van der Waals surface area contributed by atoms with Crippen LogP contribution < -0.4 is 0 Å². The van der Waals surface area contributed by atoms with E-state index in [0.717, 1.165) is 16.8 Å². The number of hydrogen-bond acceptors (Lipinski definition) is 2. The van der Waals surface area contributed by atoms with Crippen molar-refractivity contribution >= 4 is 0 Å². The maximum Gasteiger partial charge on any atom is 0.121 e. The average molecular weight is 227 g/mol. The zero-order chi connectivity index (χ0) is 12.4. The van der Waals surface area contributed by atoms with Crippen molar-refractivity contribution in [3.8, 4) is 0 Å². The van der Waals surface area contributed by atoms with Gasteiger partial charge in [-0.2, -0.15) is 0 Å². The van der Waals surface area contributed by atoms with Gasteiger partial charge in [-0.05, 0) is 49.1 Å².